The highest BCUT2D eigenvalue weighted by atomic mass is 32.2. The van der Waals surface area contributed by atoms with E-state index in [1.54, 1.807) is 23.2 Å². The zero-order chi connectivity index (χ0) is 23.3. The molecule has 0 saturated carbocycles. The standard InChI is InChI=1S/C21H24N6O4S/c1-16(28)24-18-5-7-19(8-6-18)32(30,31)25(2)15-20(29)26-10-12-27(13-11-26)21-17(14-22)4-3-9-23-21/h3-9H,10-13,15H2,1-2H3,(H,24,28). The summed E-state index contributed by atoms with van der Waals surface area (Å²) in [5.41, 5.74) is 0.961. The van der Waals surface area contributed by atoms with Crippen LogP contribution in [0.3, 0.4) is 0 Å². The summed E-state index contributed by atoms with van der Waals surface area (Å²) < 4.78 is 26.6. The van der Waals surface area contributed by atoms with Crippen LogP contribution in [0.25, 0.3) is 0 Å². The number of benzene rings is 1. The molecule has 11 heteroatoms. The van der Waals surface area contributed by atoms with Gasteiger partial charge >= 0.3 is 0 Å². The number of nitrogens with zero attached hydrogens (tertiary/aromatic N) is 5. The fraction of sp³-hybridized carbons (Fsp3) is 0.333. The first-order chi connectivity index (χ1) is 15.2. The van der Waals surface area contributed by atoms with Crippen LogP contribution in [0.15, 0.2) is 47.5 Å². The topological polar surface area (TPSA) is 127 Å². The van der Waals surface area contributed by atoms with E-state index in [0.717, 1.165) is 4.31 Å². The zero-order valence-electron chi connectivity index (χ0n) is 17.9. The normalized spacial score (nSPS) is 14.2. The van der Waals surface area contributed by atoms with Gasteiger partial charge in [0.15, 0.2) is 0 Å². The Balaban J connectivity index is 1.60. The van der Waals surface area contributed by atoms with E-state index < -0.39 is 10.0 Å². The van der Waals surface area contributed by atoms with E-state index in [2.05, 4.69) is 16.4 Å². The molecule has 2 aromatic rings. The summed E-state index contributed by atoms with van der Waals surface area (Å²) >= 11 is 0. The number of carbonyl (C=O) groups excluding carboxylic acids is 2. The molecule has 0 radical (unpaired) electrons. The Kier molecular flexibility index (Phi) is 7.07. The van der Waals surface area contributed by atoms with E-state index in [4.69, 9.17) is 0 Å². The van der Waals surface area contributed by atoms with Crippen molar-refractivity contribution in [1.29, 1.82) is 5.26 Å². The number of amides is 2. The van der Waals surface area contributed by atoms with Crippen LogP contribution in [0.5, 0.6) is 0 Å². The number of piperazine rings is 1. The maximum Gasteiger partial charge on any atom is 0.243 e. The number of hydrogen-bond donors (Lipinski definition) is 1. The smallest absolute Gasteiger partial charge is 0.243 e. The molecule has 168 valence electrons. The van der Waals surface area contributed by atoms with Gasteiger partial charge in [-0.25, -0.2) is 13.4 Å². The van der Waals surface area contributed by atoms with Crippen LogP contribution in [-0.4, -0.2) is 74.2 Å². The summed E-state index contributed by atoms with van der Waals surface area (Å²) in [7, 11) is -2.50. The number of pyridine rings is 1. The first-order valence-electron chi connectivity index (χ1n) is 9.94. The predicted octanol–water partition coefficient (Wildman–Crippen LogP) is 0.881. The van der Waals surface area contributed by atoms with Gasteiger partial charge in [0.2, 0.25) is 21.8 Å². The van der Waals surface area contributed by atoms with Crippen LogP contribution in [0.4, 0.5) is 11.5 Å². The third kappa shape index (κ3) is 5.22. The number of rotatable bonds is 6. The first-order valence-corrected chi connectivity index (χ1v) is 11.4. The molecule has 10 nitrogen and oxygen atoms in total. The Labute approximate surface area is 187 Å². The minimum atomic E-state index is -3.86. The lowest BCUT2D eigenvalue weighted by Crippen LogP contribution is -2.51. The largest absolute Gasteiger partial charge is 0.352 e. The number of hydrogen-bond acceptors (Lipinski definition) is 7. The van der Waals surface area contributed by atoms with E-state index in [1.807, 2.05) is 4.90 Å². The highest BCUT2D eigenvalue weighted by molar-refractivity contribution is 7.89. The molecule has 0 spiro atoms. The molecule has 0 aliphatic carbocycles. The number of carbonyl (C=O) groups is 2. The minimum Gasteiger partial charge on any atom is -0.352 e. The maximum absolute atomic E-state index is 12.8. The van der Waals surface area contributed by atoms with E-state index in [9.17, 15) is 23.3 Å². The summed E-state index contributed by atoms with van der Waals surface area (Å²) in [4.78, 5) is 31.7. The summed E-state index contributed by atoms with van der Waals surface area (Å²) in [5.74, 6) is 0.0342. The van der Waals surface area contributed by atoms with Gasteiger partial charge in [0, 0.05) is 52.0 Å². The lowest BCUT2D eigenvalue weighted by atomic mass is 10.2. The summed E-state index contributed by atoms with van der Waals surface area (Å²) in [5, 5.41) is 11.8. The number of nitrogens with one attached hydrogen (secondary N) is 1. The molecule has 3 rings (SSSR count). The van der Waals surface area contributed by atoms with Crippen molar-refractivity contribution < 1.29 is 18.0 Å². The molecule has 0 atom stereocenters. The summed E-state index contributed by atoms with van der Waals surface area (Å²) in [6, 6.07) is 11.3. The molecular weight excluding hydrogens is 432 g/mol. The number of likely N-dealkylation sites (N-methyl/N-ethyl adjacent to an activating group) is 1. The van der Waals surface area contributed by atoms with Gasteiger partial charge in [0.25, 0.3) is 0 Å². The van der Waals surface area contributed by atoms with Crippen LogP contribution in [0.1, 0.15) is 12.5 Å². The second kappa shape index (κ2) is 9.76. The van der Waals surface area contributed by atoms with Gasteiger partial charge in [0.1, 0.15) is 11.9 Å². The van der Waals surface area contributed by atoms with Crippen molar-refractivity contribution >= 4 is 33.3 Å². The van der Waals surface area contributed by atoms with Crippen molar-refractivity contribution in [2.24, 2.45) is 0 Å². The van der Waals surface area contributed by atoms with Crippen LogP contribution in [0, 0.1) is 11.3 Å². The average molecular weight is 457 g/mol. The molecule has 1 fully saturated rings. The SMILES string of the molecule is CC(=O)Nc1ccc(S(=O)(=O)N(C)CC(=O)N2CCN(c3ncccc3C#N)CC2)cc1. The Bertz CT molecular complexity index is 1140. The Morgan fingerprint density at radius 1 is 1.16 bits per heavy atom. The molecular formula is C21H24N6O4S. The molecule has 0 unspecified atom stereocenters. The Morgan fingerprint density at radius 3 is 2.41 bits per heavy atom. The monoisotopic (exact) mass is 456 g/mol. The molecule has 1 aliphatic rings. The van der Waals surface area contributed by atoms with Crippen molar-refractivity contribution in [3.8, 4) is 6.07 Å². The Hall–Kier alpha value is -3.49. The Morgan fingerprint density at radius 2 is 1.81 bits per heavy atom. The number of anilines is 2. The summed E-state index contributed by atoms with van der Waals surface area (Å²) in [6.45, 7) is 2.88. The highest BCUT2D eigenvalue weighted by Crippen LogP contribution is 2.20. The second-order valence-corrected chi connectivity index (χ2v) is 9.37. The van der Waals surface area contributed by atoms with Crippen LogP contribution < -0.4 is 10.2 Å². The van der Waals surface area contributed by atoms with Crippen LogP contribution >= 0.6 is 0 Å². The van der Waals surface area contributed by atoms with E-state index in [0.29, 0.717) is 43.2 Å². The lowest BCUT2D eigenvalue weighted by Gasteiger charge is -2.36. The fourth-order valence-corrected chi connectivity index (χ4v) is 4.49. The van der Waals surface area contributed by atoms with Gasteiger partial charge < -0.3 is 15.1 Å². The molecule has 1 aromatic carbocycles. The average Bonchev–Trinajstić information content (AvgIpc) is 2.79. The van der Waals surface area contributed by atoms with Crippen LogP contribution in [-0.2, 0) is 19.6 Å². The van der Waals surface area contributed by atoms with Crippen molar-refractivity contribution in [3.05, 3.63) is 48.2 Å². The van der Waals surface area contributed by atoms with Crippen molar-refractivity contribution in [2.75, 3.05) is 50.0 Å². The molecule has 32 heavy (non-hydrogen) atoms. The van der Waals surface area contributed by atoms with E-state index in [-0.39, 0.29) is 23.3 Å². The third-order valence-corrected chi connectivity index (χ3v) is 6.90. The molecule has 2 amide bonds. The van der Waals surface area contributed by atoms with Gasteiger partial charge in [-0.2, -0.15) is 9.57 Å². The summed E-state index contributed by atoms with van der Waals surface area (Å²) in [6.07, 6.45) is 1.62. The third-order valence-electron chi connectivity index (χ3n) is 5.08. The number of nitriles is 1. The molecule has 1 aromatic heterocycles. The number of sulfonamides is 1. The van der Waals surface area contributed by atoms with Gasteiger partial charge in [0.05, 0.1) is 17.0 Å². The minimum absolute atomic E-state index is 0.0332. The molecule has 2 heterocycles. The molecule has 0 bridgehead atoms. The van der Waals surface area contributed by atoms with Gasteiger partial charge in [-0.3, -0.25) is 9.59 Å². The van der Waals surface area contributed by atoms with Gasteiger partial charge in [-0.15, -0.1) is 0 Å². The molecule has 1 N–H and O–H groups in total. The quantitative estimate of drug-likeness (QED) is 0.684. The molecule has 1 aliphatic heterocycles. The highest BCUT2D eigenvalue weighted by Gasteiger charge is 2.28. The fourth-order valence-electron chi connectivity index (χ4n) is 3.37. The lowest BCUT2D eigenvalue weighted by molar-refractivity contribution is -0.131. The number of aromatic nitrogens is 1. The second-order valence-electron chi connectivity index (χ2n) is 7.32. The van der Waals surface area contributed by atoms with Gasteiger partial charge in [-0.1, -0.05) is 0 Å². The van der Waals surface area contributed by atoms with Crippen molar-refractivity contribution in [3.63, 3.8) is 0 Å². The zero-order valence-corrected chi connectivity index (χ0v) is 18.7. The van der Waals surface area contributed by atoms with Crippen molar-refractivity contribution in [2.45, 2.75) is 11.8 Å². The molecule has 1 saturated heterocycles. The predicted molar refractivity (Wildman–Crippen MR) is 118 cm³/mol. The van der Waals surface area contributed by atoms with E-state index in [1.165, 1.54) is 38.2 Å². The van der Waals surface area contributed by atoms with Crippen molar-refractivity contribution in [1.82, 2.24) is 14.2 Å². The first kappa shape index (κ1) is 23.2. The van der Waals surface area contributed by atoms with E-state index >= 15 is 0 Å². The van der Waals surface area contributed by atoms with Crippen LogP contribution in [0.2, 0.25) is 0 Å². The maximum atomic E-state index is 12.8. The van der Waals surface area contributed by atoms with Gasteiger partial charge in [-0.05, 0) is 36.4 Å².